The number of aryl methyl sites for hydroxylation is 1. The van der Waals surface area contributed by atoms with E-state index in [4.69, 9.17) is 5.11 Å². The first kappa shape index (κ1) is 11.7. The molecule has 0 bridgehead atoms. The SMILES string of the molecule is Cc1cccc(CNC(C)(C)C(=O)O)c1. The molecule has 82 valence electrons. The van der Waals surface area contributed by atoms with E-state index in [1.54, 1.807) is 13.8 Å². The van der Waals surface area contributed by atoms with Crippen molar-refractivity contribution < 1.29 is 9.90 Å². The summed E-state index contributed by atoms with van der Waals surface area (Å²) in [6.45, 7) is 5.91. The lowest BCUT2D eigenvalue weighted by Gasteiger charge is -2.21. The van der Waals surface area contributed by atoms with Gasteiger partial charge in [0.15, 0.2) is 0 Å². The second-order valence-electron chi connectivity index (χ2n) is 4.27. The monoisotopic (exact) mass is 207 g/mol. The molecule has 2 N–H and O–H groups in total. The molecule has 0 aliphatic rings. The van der Waals surface area contributed by atoms with Crippen molar-refractivity contribution in [3.05, 3.63) is 35.4 Å². The molecular formula is C12H17NO2. The molecular weight excluding hydrogens is 190 g/mol. The number of aliphatic carboxylic acids is 1. The van der Waals surface area contributed by atoms with Gasteiger partial charge in [0.25, 0.3) is 0 Å². The van der Waals surface area contributed by atoms with E-state index < -0.39 is 11.5 Å². The van der Waals surface area contributed by atoms with Gasteiger partial charge >= 0.3 is 5.97 Å². The highest BCUT2D eigenvalue weighted by atomic mass is 16.4. The molecule has 0 aromatic heterocycles. The summed E-state index contributed by atoms with van der Waals surface area (Å²) in [5.41, 5.74) is 1.40. The predicted molar refractivity (Wildman–Crippen MR) is 59.7 cm³/mol. The molecule has 0 saturated heterocycles. The summed E-state index contributed by atoms with van der Waals surface area (Å²) in [6, 6.07) is 8.02. The van der Waals surface area contributed by atoms with Crippen molar-refractivity contribution >= 4 is 5.97 Å². The Morgan fingerprint density at radius 3 is 2.67 bits per heavy atom. The van der Waals surface area contributed by atoms with Crippen LogP contribution in [0.5, 0.6) is 0 Å². The zero-order chi connectivity index (χ0) is 11.5. The Hall–Kier alpha value is -1.35. The van der Waals surface area contributed by atoms with Crippen LogP contribution in [0, 0.1) is 6.92 Å². The van der Waals surface area contributed by atoms with Crippen LogP contribution in [0.25, 0.3) is 0 Å². The first-order valence-corrected chi connectivity index (χ1v) is 4.96. The molecule has 0 atom stereocenters. The fourth-order valence-electron chi connectivity index (χ4n) is 1.22. The summed E-state index contributed by atoms with van der Waals surface area (Å²) >= 11 is 0. The van der Waals surface area contributed by atoms with Crippen LogP contribution in [0.1, 0.15) is 25.0 Å². The standard InChI is InChI=1S/C12H17NO2/c1-9-5-4-6-10(7-9)8-13-12(2,3)11(14)15/h4-7,13H,8H2,1-3H3,(H,14,15). The number of nitrogens with one attached hydrogen (secondary N) is 1. The van der Waals surface area contributed by atoms with Gasteiger partial charge in [-0.3, -0.25) is 10.1 Å². The molecule has 1 aromatic rings. The topological polar surface area (TPSA) is 49.3 Å². The van der Waals surface area contributed by atoms with Crippen LogP contribution in [0.3, 0.4) is 0 Å². The number of carboxylic acids is 1. The van der Waals surface area contributed by atoms with Crippen molar-refractivity contribution in [1.82, 2.24) is 5.32 Å². The minimum atomic E-state index is -0.885. The fraction of sp³-hybridized carbons (Fsp3) is 0.417. The lowest BCUT2D eigenvalue weighted by atomic mass is 10.1. The molecule has 0 spiro atoms. The fourth-order valence-corrected chi connectivity index (χ4v) is 1.22. The average Bonchev–Trinajstić information content (AvgIpc) is 2.15. The zero-order valence-electron chi connectivity index (χ0n) is 9.37. The van der Waals surface area contributed by atoms with Crippen molar-refractivity contribution in [1.29, 1.82) is 0 Å². The van der Waals surface area contributed by atoms with Gasteiger partial charge in [0.2, 0.25) is 0 Å². The lowest BCUT2D eigenvalue weighted by molar-refractivity contribution is -0.143. The molecule has 0 amide bonds. The Labute approximate surface area is 90.1 Å². The van der Waals surface area contributed by atoms with Gasteiger partial charge in [0, 0.05) is 6.54 Å². The Kier molecular flexibility index (Phi) is 3.48. The smallest absolute Gasteiger partial charge is 0.323 e. The molecule has 3 nitrogen and oxygen atoms in total. The van der Waals surface area contributed by atoms with E-state index in [0.29, 0.717) is 6.54 Å². The maximum absolute atomic E-state index is 10.8. The highest BCUT2D eigenvalue weighted by Crippen LogP contribution is 2.07. The Morgan fingerprint density at radius 2 is 2.13 bits per heavy atom. The van der Waals surface area contributed by atoms with Crippen molar-refractivity contribution in [2.45, 2.75) is 32.9 Å². The van der Waals surface area contributed by atoms with E-state index >= 15 is 0 Å². The third-order valence-electron chi connectivity index (χ3n) is 2.35. The number of rotatable bonds is 4. The van der Waals surface area contributed by atoms with Gasteiger partial charge in [0.1, 0.15) is 5.54 Å². The maximum Gasteiger partial charge on any atom is 0.323 e. The van der Waals surface area contributed by atoms with Crippen molar-refractivity contribution in [3.63, 3.8) is 0 Å². The van der Waals surface area contributed by atoms with Gasteiger partial charge < -0.3 is 5.11 Å². The molecule has 0 fully saturated rings. The molecule has 0 saturated carbocycles. The van der Waals surface area contributed by atoms with Crippen LogP contribution < -0.4 is 5.32 Å². The van der Waals surface area contributed by atoms with E-state index in [-0.39, 0.29) is 0 Å². The Morgan fingerprint density at radius 1 is 1.47 bits per heavy atom. The number of carboxylic acid groups (broad SMARTS) is 1. The van der Waals surface area contributed by atoms with Crippen LogP contribution in [-0.2, 0) is 11.3 Å². The molecule has 0 aliphatic carbocycles. The second kappa shape index (κ2) is 4.45. The number of benzene rings is 1. The lowest BCUT2D eigenvalue weighted by Crippen LogP contribution is -2.46. The Balaban J connectivity index is 2.61. The third-order valence-corrected chi connectivity index (χ3v) is 2.35. The molecule has 0 radical (unpaired) electrons. The number of hydrogen-bond acceptors (Lipinski definition) is 2. The zero-order valence-corrected chi connectivity index (χ0v) is 9.37. The van der Waals surface area contributed by atoms with Crippen molar-refractivity contribution in [2.75, 3.05) is 0 Å². The predicted octanol–water partition coefficient (Wildman–Crippen LogP) is 1.95. The normalized spacial score (nSPS) is 11.4. The van der Waals surface area contributed by atoms with Gasteiger partial charge in [-0.2, -0.15) is 0 Å². The van der Waals surface area contributed by atoms with Gasteiger partial charge in [-0.15, -0.1) is 0 Å². The molecule has 0 aliphatic heterocycles. The van der Waals surface area contributed by atoms with E-state index in [2.05, 4.69) is 5.32 Å². The van der Waals surface area contributed by atoms with Gasteiger partial charge in [-0.05, 0) is 26.3 Å². The minimum Gasteiger partial charge on any atom is -0.480 e. The summed E-state index contributed by atoms with van der Waals surface area (Å²) in [6.07, 6.45) is 0. The summed E-state index contributed by atoms with van der Waals surface area (Å²) in [5.74, 6) is -0.838. The van der Waals surface area contributed by atoms with E-state index in [1.165, 1.54) is 5.56 Å². The first-order chi connectivity index (χ1) is 6.92. The van der Waals surface area contributed by atoms with Crippen molar-refractivity contribution in [2.24, 2.45) is 0 Å². The van der Waals surface area contributed by atoms with E-state index in [0.717, 1.165) is 5.56 Å². The number of hydrogen-bond donors (Lipinski definition) is 2. The highest BCUT2D eigenvalue weighted by molar-refractivity contribution is 5.77. The van der Waals surface area contributed by atoms with Crippen LogP contribution in [-0.4, -0.2) is 16.6 Å². The van der Waals surface area contributed by atoms with Crippen LogP contribution in [0.4, 0.5) is 0 Å². The van der Waals surface area contributed by atoms with Crippen LogP contribution in [0.15, 0.2) is 24.3 Å². The van der Waals surface area contributed by atoms with E-state index in [9.17, 15) is 4.79 Å². The van der Waals surface area contributed by atoms with E-state index in [1.807, 2.05) is 31.2 Å². The molecule has 1 rings (SSSR count). The molecule has 1 aromatic carbocycles. The molecule has 0 unspecified atom stereocenters. The second-order valence-corrected chi connectivity index (χ2v) is 4.27. The number of carbonyl (C=O) groups is 1. The largest absolute Gasteiger partial charge is 0.480 e. The summed E-state index contributed by atoms with van der Waals surface area (Å²) in [4.78, 5) is 10.8. The minimum absolute atomic E-state index is 0.570. The average molecular weight is 207 g/mol. The summed E-state index contributed by atoms with van der Waals surface area (Å²) in [7, 11) is 0. The quantitative estimate of drug-likeness (QED) is 0.793. The molecule has 0 heterocycles. The molecule has 3 heteroatoms. The summed E-state index contributed by atoms with van der Waals surface area (Å²) < 4.78 is 0. The third kappa shape index (κ3) is 3.36. The van der Waals surface area contributed by atoms with Gasteiger partial charge in [-0.25, -0.2) is 0 Å². The molecule has 15 heavy (non-hydrogen) atoms. The highest BCUT2D eigenvalue weighted by Gasteiger charge is 2.25. The Bertz CT molecular complexity index is 358. The van der Waals surface area contributed by atoms with Crippen molar-refractivity contribution in [3.8, 4) is 0 Å². The maximum atomic E-state index is 10.8. The summed E-state index contributed by atoms with van der Waals surface area (Å²) in [5, 5.41) is 11.9. The van der Waals surface area contributed by atoms with Crippen LogP contribution >= 0.6 is 0 Å². The van der Waals surface area contributed by atoms with Gasteiger partial charge in [0.05, 0.1) is 0 Å². The van der Waals surface area contributed by atoms with Crippen LogP contribution in [0.2, 0.25) is 0 Å². The van der Waals surface area contributed by atoms with Gasteiger partial charge in [-0.1, -0.05) is 29.8 Å². The first-order valence-electron chi connectivity index (χ1n) is 4.96.